The fraction of sp³-hybridized carbons (Fsp3) is 0.750. The highest BCUT2D eigenvalue weighted by atomic mass is 14.1. The van der Waals surface area contributed by atoms with Crippen LogP contribution in [0.25, 0.3) is 0 Å². The molecule has 0 saturated carbocycles. The molecule has 94 valence electrons. The Morgan fingerprint density at radius 1 is 0.812 bits per heavy atom. The van der Waals surface area contributed by atoms with Crippen molar-refractivity contribution >= 4 is 0 Å². The summed E-state index contributed by atoms with van der Waals surface area (Å²) in [5.74, 6) is 0.900. The summed E-state index contributed by atoms with van der Waals surface area (Å²) in [6.45, 7) is 10.1. The minimum Gasteiger partial charge on any atom is -0.0885 e. The van der Waals surface area contributed by atoms with Gasteiger partial charge in [-0.1, -0.05) is 71.4 Å². The van der Waals surface area contributed by atoms with Crippen LogP contribution in [0.15, 0.2) is 12.2 Å². The van der Waals surface area contributed by atoms with E-state index in [0.29, 0.717) is 0 Å². The molecular weight excluding hydrogens is 192 g/mol. The molecule has 0 heteroatoms. The van der Waals surface area contributed by atoms with Crippen LogP contribution in [0.3, 0.4) is 0 Å². The second-order valence-electron chi connectivity index (χ2n) is 4.85. The number of hydrogen-bond donors (Lipinski definition) is 0. The lowest BCUT2D eigenvalue weighted by molar-refractivity contribution is 0.454. The minimum absolute atomic E-state index is 0.900. The number of allylic oxidation sites excluding steroid dienone is 2. The first kappa shape index (κ1) is 15.7. The topological polar surface area (TPSA) is 0 Å². The lowest BCUT2D eigenvalue weighted by atomic mass is 9.97. The van der Waals surface area contributed by atoms with Crippen LogP contribution in [0, 0.1) is 19.8 Å². The van der Waals surface area contributed by atoms with E-state index in [0.717, 1.165) is 18.8 Å². The van der Waals surface area contributed by atoms with Gasteiger partial charge >= 0.3 is 0 Å². The van der Waals surface area contributed by atoms with Crippen LogP contribution in [-0.2, 0) is 0 Å². The maximum absolute atomic E-state index is 3.89. The molecule has 0 aliphatic rings. The first-order valence-electron chi connectivity index (χ1n) is 7.04. The molecule has 0 saturated heterocycles. The summed E-state index contributed by atoms with van der Waals surface area (Å²) in [4.78, 5) is 0. The second-order valence-corrected chi connectivity index (χ2v) is 4.85. The quantitative estimate of drug-likeness (QED) is 0.308. The standard InChI is InChI=1S/C16H30/c1-4-6-8-9-10-11-12-13-15-16(3)14-7-5-2/h9-10,16H,1-2,4-8,11-15H2,3H3. The van der Waals surface area contributed by atoms with Crippen LogP contribution in [0.5, 0.6) is 0 Å². The summed E-state index contributed by atoms with van der Waals surface area (Å²) in [5, 5.41) is 0. The van der Waals surface area contributed by atoms with Gasteiger partial charge in [0.2, 0.25) is 0 Å². The smallest absolute Gasteiger partial charge is 0.0351 e. The maximum atomic E-state index is 3.89. The molecule has 1 unspecified atom stereocenters. The van der Waals surface area contributed by atoms with Gasteiger partial charge in [-0.2, -0.15) is 0 Å². The van der Waals surface area contributed by atoms with Gasteiger partial charge in [0.1, 0.15) is 0 Å². The van der Waals surface area contributed by atoms with Crippen LogP contribution in [0.4, 0.5) is 0 Å². The third-order valence-corrected chi connectivity index (χ3v) is 3.05. The van der Waals surface area contributed by atoms with Crippen LogP contribution < -0.4 is 0 Å². The van der Waals surface area contributed by atoms with Crippen LogP contribution in [0.2, 0.25) is 0 Å². The number of unbranched alkanes of at least 4 members (excludes halogenated alkanes) is 5. The van der Waals surface area contributed by atoms with E-state index in [-0.39, 0.29) is 0 Å². The van der Waals surface area contributed by atoms with Crippen molar-refractivity contribution in [1.29, 1.82) is 0 Å². The van der Waals surface area contributed by atoms with Crippen molar-refractivity contribution in [1.82, 2.24) is 0 Å². The van der Waals surface area contributed by atoms with Crippen molar-refractivity contribution in [2.45, 2.75) is 71.1 Å². The van der Waals surface area contributed by atoms with Gasteiger partial charge < -0.3 is 0 Å². The van der Waals surface area contributed by atoms with E-state index in [1.54, 1.807) is 0 Å². The highest BCUT2D eigenvalue weighted by Crippen LogP contribution is 2.15. The molecule has 16 heavy (non-hydrogen) atoms. The first-order valence-corrected chi connectivity index (χ1v) is 7.04. The monoisotopic (exact) mass is 222 g/mol. The summed E-state index contributed by atoms with van der Waals surface area (Å²) in [6.07, 6.45) is 17.3. The predicted octanol–water partition coefficient (Wildman–Crippen LogP) is 5.75. The second kappa shape index (κ2) is 12.8. The summed E-state index contributed by atoms with van der Waals surface area (Å²) in [5.41, 5.74) is 0. The molecule has 0 fully saturated rings. The minimum atomic E-state index is 0.900. The molecule has 0 aromatic carbocycles. The average molecular weight is 222 g/mol. The van der Waals surface area contributed by atoms with Gasteiger partial charge in [-0.05, 0) is 31.6 Å². The lowest BCUT2D eigenvalue weighted by Crippen LogP contribution is -1.94. The zero-order chi connectivity index (χ0) is 12.1. The van der Waals surface area contributed by atoms with Crippen LogP contribution >= 0.6 is 0 Å². The Hall–Kier alpha value is -0.260. The summed E-state index contributed by atoms with van der Waals surface area (Å²) in [6, 6.07) is 0. The van der Waals surface area contributed by atoms with E-state index >= 15 is 0 Å². The molecule has 2 radical (unpaired) electrons. The maximum Gasteiger partial charge on any atom is -0.0351 e. The van der Waals surface area contributed by atoms with E-state index in [2.05, 4.69) is 32.9 Å². The van der Waals surface area contributed by atoms with Gasteiger partial charge in [0, 0.05) is 0 Å². The zero-order valence-corrected chi connectivity index (χ0v) is 11.2. The third kappa shape index (κ3) is 11.8. The molecule has 0 spiro atoms. The SMILES string of the molecule is [CH2]CCCC=CCCCCC(C)CCC[CH2]. The average Bonchev–Trinajstić information content (AvgIpc) is 2.30. The molecule has 0 N–H and O–H groups in total. The van der Waals surface area contributed by atoms with Crippen molar-refractivity contribution in [2.24, 2.45) is 5.92 Å². The molecule has 0 aromatic rings. The summed E-state index contributed by atoms with van der Waals surface area (Å²) < 4.78 is 0. The molecule has 0 rings (SSSR count). The molecule has 0 amide bonds. The fourth-order valence-electron chi connectivity index (χ4n) is 1.89. The van der Waals surface area contributed by atoms with Gasteiger partial charge in [-0.25, -0.2) is 0 Å². The molecular formula is C16H30. The predicted molar refractivity (Wildman–Crippen MR) is 75.2 cm³/mol. The van der Waals surface area contributed by atoms with Crippen molar-refractivity contribution in [3.05, 3.63) is 26.0 Å². The molecule has 0 aromatic heterocycles. The Morgan fingerprint density at radius 2 is 1.38 bits per heavy atom. The van der Waals surface area contributed by atoms with E-state index in [1.807, 2.05) is 0 Å². The van der Waals surface area contributed by atoms with Gasteiger partial charge in [0.05, 0.1) is 0 Å². The molecule has 0 nitrogen and oxygen atoms in total. The third-order valence-electron chi connectivity index (χ3n) is 3.05. The van der Waals surface area contributed by atoms with Gasteiger partial charge in [0.15, 0.2) is 0 Å². The van der Waals surface area contributed by atoms with Crippen LogP contribution in [-0.4, -0.2) is 0 Å². The highest BCUT2D eigenvalue weighted by molar-refractivity contribution is 4.81. The van der Waals surface area contributed by atoms with E-state index in [4.69, 9.17) is 0 Å². The van der Waals surface area contributed by atoms with Crippen molar-refractivity contribution in [3.63, 3.8) is 0 Å². The molecule has 0 aliphatic heterocycles. The van der Waals surface area contributed by atoms with E-state index in [9.17, 15) is 0 Å². The largest absolute Gasteiger partial charge is 0.0885 e. The summed E-state index contributed by atoms with van der Waals surface area (Å²) in [7, 11) is 0. The van der Waals surface area contributed by atoms with E-state index in [1.165, 1.54) is 51.4 Å². The normalized spacial score (nSPS) is 13.4. The first-order chi connectivity index (χ1) is 7.81. The van der Waals surface area contributed by atoms with Crippen molar-refractivity contribution < 1.29 is 0 Å². The molecule has 0 heterocycles. The number of hydrogen-bond acceptors (Lipinski definition) is 0. The Morgan fingerprint density at radius 3 is 2.00 bits per heavy atom. The Labute approximate surface area is 104 Å². The lowest BCUT2D eigenvalue weighted by Gasteiger charge is -2.09. The zero-order valence-electron chi connectivity index (χ0n) is 11.2. The Bertz CT molecular complexity index is 146. The Kier molecular flexibility index (Phi) is 12.6. The van der Waals surface area contributed by atoms with E-state index < -0.39 is 0 Å². The van der Waals surface area contributed by atoms with Crippen LogP contribution in [0.1, 0.15) is 71.1 Å². The fourth-order valence-corrected chi connectivity index (χ4v) is 1.89. The highest BCUT2D eigenvalue weighted by Gasteiger charge is 2.00. The molecule has 0 aliphatic carbocycles. The molecule has 0 bridgehead atoms. The van der Waals surface area contributed by atoms with Gasteiger partial charge in [-0.3, -0.25) is 0 Å². The Balaban J connectivity index is 3.16. The number of rotatable bonds is 11. The molecule has 1 atom stereocenters. The summed E-state index contributed by atoms with van der Waals surface area (Å²) >= 11 is 0. The van der Waals surface area contributed by atoms with Crippen molar-refractivity contribution in [3.8, 4) is 0 Å². The van der Waals surface area contributed by atoms with Gasteiger partial charge in [-0.15, -0.1) is 0 Å². The van der Waals surface area contributed by atoms with Gasteiger partial charge in [0.25, 0.3) is 0 Å². The van der Waals surface area contributed by atoms with Crippen molar-refractivity contribution in [2.75, 3.05) is 0 Å².